The van der Waals surface area contributed by atoms with Crippen LogP contribution < -0.4 is 9.64 Å². The summed E-state index contributed by atoms with van der Waals surface area (Å²) in [5.41, 5.74) is 2.23. The normalized spacial score (nSPS) is 16.8. The average molecular weight is 324 g/mol. The Morgan fingerprint density at radius 3 is 2.54 bits per heavy atom. The van der Waals surface area contributed by atoms with Gasteiger partial charge in [0.2, 0.25) is 18.2 Å². The Kier molecular flexibility index (Phi) is 4.02. The first-order chi connectivity index (χ1) is 11.8. The zero-order chi connectivity index (χ0) is 16.4. The van der Waals surface area contributed by atoms with Crippen LogP contribution in [0.4, 0.5) is 5.95 Å². The number of carbonyl (C=O) groups is 1. The van der Waals surface area contributed by atoms with Crippen molar-refractivity contribution in [1.29, 1.82) is 0 Å². The fourth-order valence-electron chi connectivity index (χ4n) is 3.24. The average Bonchev–Trinajstić information content (AvgIpc) is 3.11. The number of benzene rings is 1. The maximum absolute atomic E-state index is 10.9. The summed E-state index contributed by atoms with van der Waals surface area (Å²) in [5, 5.41) is 0. The van der Waals surface area contributed by atoms with Gasteiger partial charge in [0.25, 0.3) is 0 Å². The Morgan fingerprint density at radius 1 is 1.00 bits per heavy atom. The molecule has 2 aromatic rings. The van der Waals surface area contributed by atoms with Gasteiger partial charge in [0.15, 0.2) is 0 Å². The zero-order valence-corrected chi connectivity index (χ0v) is 13.5. The summed E-state index contributed by atoms with van der Waals surface area (Å²) in [6.45, 7) is 2.92. The van der Waals surface area contributed by atoms with E-state index >= 15 is 0 Å². The van der Waals surface area contributed by atoms with E-state index in [4.69, 9.17) is 14.7 Å². The van der Waals surface area contributed by atoms with Gasteiger partial charge in [-0.3, -0.25) is 4.79 Å². The Labute approximate surface area is 141 Å². The lowest BCUT2D eigenvalue weighted by molar-refractivity contribution is -0.118. The molecule has 1 aromatic heterocycles. The Hall–Kier alpha value is -2.63. The van der Waals surface area contributed by atoms with Crippen LogP contribution in [0.5, 0.6) is 11.6 Å². The largest absolute Gasteiger partial charge is 0.439 e. The van der Waals surface area contributed by atoms with E-state index in [2.05, 4.69) is 4.90 Å². The third-order valence-corrected chi connectivity index (χ3v) is 4.59. The fourth-order valence-corrected chi connectivity index (χ4v) is 3.24. The second kappa shape index (κ2) is 6.47. The summed E-state index contributed by atoms with van der Waals surface area (Å²) in [6, 6.07) is 9.75. The van der Waals surface area contributed by atoms with Crippen LogP contribution in [0.1, 0.15) is 17.7 Å². The molecule has 1 amide bonds. The van der Waals surface area contributed by atoms with Crippen LogP contribution in [-0.2, 0) is 17.6 Å². The quantitative estimate of drug-likeness (QED) is 0.806. The molecule has 1 aliphatic carbocycles. The highest BCUT2D eigenvalue weighted by Gasteiger charge is 2.24. The first-order valence-electron chi connectivity index (χ1n) is 8.40. The fraction of sp³-hybridized carbons (Fsp3) is 0.389. The van der Waals surface area contributed by atoms with Gasteiger partial charge in [-0.1, -0.05) is 18.2 Å². The van der Waals surface area contributed by atoms with Gasteiger partial charge in [0.05, 0.1) is 5.69 Å². The minimum atomic E-state index is 0.677. The highest BCUT2D eigenvalue weighted by molar-refractivity contribution is 5.49. The molecule has 1 saturated heterocycles. The summed E-state index contributed by atoms with van der Waals surface area (Å²) in [5.74, 6) is 2.19. The summed E-state index contributed by atoms with van der Waals surface area (Å²) in [4.78, 5) is 24.2. The van der Waals surface area contributed by atoms with Crippen LogP contribution in [0.3, 0.4) is 0 Å². The molecule has 6 nitrogen and oxygen atoms in total. The van der Waals surface area contributed by atoms with Crippen molar-refractivity contribution in [3.8, 4) is 11.6 Å². The molecule has 1 aliphatic heterocycles. The maximum atomic E-state index is 10.9. The van der Waals surface area contributed by atoms with Gasteiger partial charge in [0, 0.05) is 31.7 Å². The van der Waals surface area contributed by atoms with E-state index in [1.165, 1.54) is 0 Å². The van der Waals surface area contributed by atoms with Gasteiger partial charge < -0.3 is 14.5 Å². The smallest absolute Gasteiger partial charge is 0.229 e. The van der Waals surface area contributed by atoms with Crippen LogP contribution in [0.25, 0.3) is 0 Å². The van der Waals surface area contributed by atoms with E-state index < -0.39 is 0 Å². The molecule has 0 bridgehead atoms. The third-order valence-electron chi connectivity index (χ3n) is 4.59. The molecule has 2 aliphatic rings. The maximum Gasteiger partial charge on any atom is 0.229 e. The number of aryl methyl sites for hydroxylation is 1. The van der Waals surface area contributed by atoms with Gasteiger partial charge in [-0.2, -0.15) is 4.98 Å². The summed E-state index contributed by atoms with van der Waals surface area (Å²) in [6.07, 6.45) is 3.95. The van der Waals surface area contributed by atoms with Crippen LogP contribution >= 0.6 is 0 Å². The van der Waals surface area contributed by atoms with Crippen molar-refractivity contribution in [3.63, 3.8) is 0 Å². The van der Waals surface area contributed by atoms with Gasteiger partial charge in [-0.15, -0.1) is 0 Å². The molecule has 0 unspecified atom stereocenters. The molecule has 0 N–H and O–H groups in total. The van der Waals surface area contributed by atoms with Crippen molar-refractivity contribution in [2.24, 2.45) is 0 Å². The Balaban J connectivity index is 1.62. The van der Waals surface area contributed by atoms with Crippen molar-refractivity contribution in [2.45, 2.75) is 19.3 Å². The minimum Gasteiger partial charge on any atom is -0.439 e. The molecule has 124 valence electrons. The van der Waals surface area contributed by atoms with Crippen molar-refractivity contribution in [1.82, 2.24) is 14.9 Å². The molecule has 1 aromatic carbocycles. The number of hydrogen-bond donors (Lipinski definition) is 0. The standard InChI is InChI=1S/C18H20N4O2/c23-13-21-9-11-22(12-10-21)18-19-16-8-4-7-15(16)17(20-18)24-14-5-2-1-3-6-14/h1-3,5-6,13H,4,7-12H2. The van der Waals surface area contributed by atoms with Crippen molar-refractivity contribution in [3.05, 3.63) is 41.6 Å². The van der Waals surface area contributed by atoms with E-state index in [0.717, 1.165) is 55.8 Å². The van der Waals surface area contributed by atoms with Gasteiger partial charge in [-0.05, 0) is 31.4 Å². The molecular formula is C18H20N4O2. The van der Waals surface area contributed by atoms with Gasteiger partial charge in [-0.25, -0.2) is 4.98 Å². The number of aromatic nitrogens is 2. The molecule has 2 heterocycles. The van der Waals surface area contributed by atoms with Crippen molar-refractivity contribution in [2.75, 3.05) is 31.1 Å². The second-order valence-electron chi connectivity index (χ2n) is 6.15. The topological polar surface area (TPSA) is 58.6 Å². The molecule has 4 rings (SSSR count). The molecule has 0 saturated carbocycles. The number of piperazine rings is 1. The zero-order valence-electron chi connectivity index (χ0n) is 13.5. The predicted molar refractivity (Wildman–Crippen MR) is 90.4 cm³/mol. The number of carbonyl (C=O) groups excluding carboxylic acids is 1. The molecule has 0 radical (unpaired) electrons. The number of ether oxygens (including phenoxy) is 1. The number of amides is 1. The number of rotatable bonds is 4. The summed E-state index contributed by atoms with van der Waals surface area (Å²) in [7, 11) is 0. The van der Waals surface area contributed by atoms with Crippen LogP contribution in [0, 0.1) is 0 Å². The van der Waals surface area contributed by atoms with E-state index in [9.17, 15) is 4.79 Å². The number of para-hydroxylation sites is 1. The van der Waals surface area contributed by atoms with Crippen molar-refractivity contribution < 1.29 is 9.53 Å². The number of anilines is 1. The van der Waals surface area contributed by atoms with Gasteiger partial charge >= 0.3 is 0 Å². The SMILES string of the molecule is O=CN1CCN(c2nc3c(c(Oc4ccccc4)n2)CCC3)CC1. The van der Waals surface area contributed by atoms with E-state index in [-0.39, 0.29) is 0 Å². The molecular weight excluding hydrogens is 304 g/mol. The third kappa shape index (κ3) is 2.91. The highest BCUT2D eigenvalue weighted by atomic mass is 16.5. The lowest BCUT2D eigenvalue weighted by Gasteiger charge is -2.32. The number of fused-ring (bicyclic) bond motifs is 1. The molecule has 6 heteroatoms. The second-order valence-corrected chi connectivity index (χ2v) is 6.15. The Morgan fingerprint density at radius 2 is 1.79 bits per heavy atom. The first-order valence-corrected chi connectivity index (χ1v) is 8.40. The van der Waals surface area contributed by atoms with Gasteiger partial charge in [0.1, 0.15) is 5.75 Å². The van der Waals surface area contributed by atoms with Crippen molar-refractivity contribution >= 4 is 12.4 Å². The number of hydrogen-bond acceptors (Lipinski definition) is 5. The highest BCUT2D eigenvalue weighted by Crippen LogP contribution is 2.33. The molecule has 24 heavy (non-hydrogen) atoms. The molecule has 1 fully saturated rings. The monoisotopic (exact) mass is 324 g/mol. The van der Waals surface area contributed by atoms with Crippen LogP contribution in [0.2, 0.25) is 0 Å². The predicted octanol–water partition coefficient (Wildman–Crippen LogP) is 2.04. The number of nitrogens with zero attached hydrogens (tertiary/aromatic N) is 4. The molecule has 0 spiro atoms. The summed E-state index contributed by atoms with van der Waals surface area (Å²) >= 11 is 0. The lowest BCUT2D eigenvalue weighted by Crippen LogP contribution is -2.46. The first kappa shape index (κ1) is 14.9. The van der Waals surface area contributed by atoms with E-state index in [0.29, 0.717) is 24.9 Å². The summed E-state index contributed by atoms with van der Waals surface area (Å²) < 4.78 is 6.05. The minimum absolute atomic E-state index is 0.677. The van der Waals surface area contributed by atoms with Crippen LogP contribution in [-0.4, -0.2) is 47.5 Å². The van der Waals surface area contributed by atoms with Crippen LogP contribution in [0.15, 0.2) is 30.3 Å². The Bertz CT molecular complexity index is 727. The van der Waals surface area contributed by atoms with E-state index in [1.54, 1.807) is 4.90 Å². The van der Waals surface area contributed by atoms with E-state index in [1.807, 2.05) is 30.3 Å². The lowest BCUT2D eigenvalue weighted by atomic mass is 10.2. The molecule has 0 atom stereocenters.